The van der Waals surface area contributed by atoms with Crippen molar-refractivity contribution in [2.45, 2.75) is 69.2 Å². The molecule has 4 bridgehead atoms. The molecule has 4 aliphatic carbocycles. The van der Waals surface area contributed by atoms with Gasteiger partial charge in [0.15, 0.2) is 0 Å². The summed E-state index contributed by atoms with van der Waals surface area (Å²) in [5, 5.41) is 13.3. The lowest BCUT2D eigenvalue weighted by Crippen LogP contribution is -2.52. The number of aromatic nitrogens is 2. The molecule has 1 aromatic heterocycles. The number of amides is 3. The molecular weight excluding hydrogens is 494 g/mol. The third-order valence-corrected chi connectivity index (χ3v) is 10.3. The van der Waals surface area contributed by atoms with Crippen LogP contribution < -0.4 is 16.0 Å². The maximum atomic E-state index is 13.8. The minimum atomic E-state index is -0.659. The van der Waals surface area contributed by atoms with Gasteiger partial charge in [0.1, 0.15) is 11.7 Å². The van der Waals surface area contributed by atoms with Gasteiger partial charge < -0.3 is 20.7 Å². The van der Waals surface area contributed by atoms with Crippen molar-refractivity contribution in [1.82, 2.24) is 15.1 Å². The van der Waals surface area contributed by atoms with E-state index in [-0.39, 0.29) is 23.1 Å². The number of fused-ring (bicyclic) bond motifs is 2. The van der Waals surface area contributed by atoms with Crippen LogP contribution in [0.5, 0.6) is 0 Å². The van der Waals surface area contributed by atoms with E-state index in [0.29, 0.717) is 43.9 Å². The number of carbonyl (C=O) groups is 3. The van der Waals surface area contributed by atoms with E-state index in [2.05, 4.69) is 21.0 Å². The summed E-state index contributed by atoms with van der Waals surface area (Å²) in [6.45, 7) is 1.13. The number of ether oxygens (including phenoxy) is 1. The zero-order valence-corrected chi connectivity index (χ0v) is 22.5. The molecule has 3 N–H and O–H groups in total. The molecule has 4 saturated carbocycles. The maximum Gasteiger partial charge on any atom is 0.270 e. The Morgan fingerprint density at radius 2 is 1.79 bits per heavy atom. The Balaban J connectivity index is 1.13. The summed E-state index contributed by atoms with van der Waals surface area (Å²) in [4.78, 5) is 40.0. The van der Waals surface area contributed by atoms with Gasteiger partial charge in [-0.05, 0) is 105 Å². The molecule has 1 unspecified atom stereocenters. The summed E-state index contributed by atoms with van der Waals surface area (Å²) in [7, 11) is 1.73. The van der Waals surface area contributed by atoms with Gasteiger partial charge in [0.2, 0.25) is 11.8 Å². The normalized spacial score (nSPS) is 30.6. The lowest BCUT2D eigenvalue weighted by molar-refractivity contribution is -0.124. The van der Waals surface area contributed by atoms with Crippen molar-refractivity contribution in [2.75, 3.05) is 23.8 Å². The van der Waals surface area contributed by atoms with Crippen molar-refractivity contribution in [2.24, 2.45) is 30.2 Å². The van der Waals surface area contributed by atoms with Crippen LogP contribution >= 0.6 is 0 Å². The topological polar surface area (TPSA) is 114 Å². The third kappa shape index (κ3) is 4.26. The molecule has 1 atom stereocenters. The molecule has 5 fully saturated rings. The predicted octanol–water partition coefficient (Wildman–Crippen LogP) is 3.76. The van der Waals surface area contributed by atoms with E-state index in [1.165, 1.54) is 23.9 Å². The molecule has 3 heterocycles. The second kappa shape index (κ2) is 9.18. The molecule has 3 amide bonds. The highest BCUT2D eigenvalue weighted by atomic mass is 16.5. The fourth-order valence-corrected chi connectivity index (χ4v) is 8.96. The fourth-order valence-electron chi connectivity index (χ4n) is 8.96. The predicted molar refractivity (Wildman–Crippen MR) is 145 cm³/mol. The van der Waals surface area contributed by atoms with E-state index in [4.69, 9.17) is 4.74 Å². The van der Waals surface area contributed by atoms with Crippen LogP contribution in [0, 0.1) is 23.2 Å². The largest absolute Gasteiger partial charge is 0.381 e. The number of hydrogen-bond acceptors (Lipinski definition) is 5. The minimum absolute atomic E-state index is 0.00686. The van der Waals surface area contributed by atoms with Crippen LogP contribution in [0.25, 0.3) is 0 Å². The highest BCUT2D eigenvalue weighted by Gasteiger charge is 2.52. The van der Waals surface area contributed by atoms with Crippen LogP contribution in [-0.2, 0) is 26.8 Å². The maximum absolute atomic E-state index is 13.8. The van der Waals surface area contributed by atoms with Crippen LogP contribution in [0.15, 0.2) is 30.5 Å². The Bertz CT molecular complexity index is 1290. The van der Waals surface area contributed by atoms with Crippen molar-refractivity contribution in [3.8, 4) is 0 Å². The molecule has 9 nitrogen and oxygen atoms in total. The Morgan fingerprint density at radius 3 is 2.44 bits per heavy atom. The number of anilines is 2. The lowest BCUT2D eigenvalue weighted by Gasteiger charge is -2.57. The Kier molecular flexibility index (Phi) is 5.84. The summed E-state index contributed by atoms with van der Waals surface area (Å²) in [6.07, 6.45) is 11.0. The fraction of sp³-hybridized carbons (Fsp3) is 0.600. The molecule has 0 radical (unpaired) electrons. The molecule has 1 spiro atoms. The van der Waals surface area contributed by atoms with E-state index in [0.717, 1.165) is 48.3 Å². The molecule has 6 aliphatic rings. The van der Waals surface area contributed by atoms with E-state index >= 15 is 0 Å². The number of benzene rings is 1. The number of nitrogens with one attached hydrogen (secondary N) is 3. The van der Waals surface area contributed by atoms with Crippen LogP contribution in [-0.4, -0.2) is 46.8 Å². The SMILES string of the molecule is Cn1nccc1C(=O)NC(CC12CC3CC(CC(C3)C1)C2)C(=O)Nc1ccc2c(c1)NC(=O)C21CCOCC1. The molecule has 1 saturated heterocycles. The summed E-state index contributed by atoms with van der Waals surface area (Å²) < 4.78 is 7.04. The van der Waals surface area contributed by atoms with Crippen LogP contribution in [0.3, 0.4) is 0 Å². The second-order valence-electron chi connectivity index (χ2n) is 12.9. The lowest BCUT2D eigenvalue weighted by atomic mass is 9.48. The Morgan fingerprint density at radius 1 is 1.10 bits per heavy atom. The summed E-state index contributed by atoms with van der Waals surface area (Å²) in [5.74, 6) is 1.77. The van der Waals surface area contributed by atoms with E-state index in [9.17, 15) is 14.4 Å². The monoisotopic (exact) mass is 531 g/mol. The number of nitrogens with zero attached hydrogens (tertiary/aromatic N) is 2. The van der Waals surface area contributed by atoms with E-state index in [1.54, 1.807) is 19.3 Å². The van der Waals surface area contributed by atoms with Crippen molar-refractivity contribution in [3.05, 3.63) is 41.7 Å². The van der Waals surface area contributed by atoms with Gasteiger partial charge >= 0.3 is 0 Å². The summed E-state index contributed by atoms with van der Waals surface area (Å²) in [5.41, 5.74) is 2.33. The van der Waals surface area contributed by atoms with Gasteiger partial charge in [0, 0.05) is 37.8 Å². The van der Waals surface area contributed by atoms with Crippen molar-refractivity contribution in [1.29, 1.82) is 0 Å². The average molecular weight is 532 g/mol. The molecule has 8 rings (SSSR count). The van der Waals surface area contributed by atoms with Gasteiger partial charge in [0.05, 0.1) is 5.41 Å². The minimum Gasteiger partial charge on any atom is -0.381 e. The van der Waals surface area contributed by atoms with Crippen molar-refractivity contribution < 1.29 is 19.1 Å². The van der Waals surface area contributed by atoms with E-state index in [1.807, 2.05) is 18.2 Å². The average Bonchev–Trinajstić information content (AvgIpc) is 3.43. The molecular formula is C30H37N5O4. The van der Waals surface area contributed by atoms with Crippen LogP contribution in [0.1, 0.15) is 73.8 Å². The second-order valence-corrected chi connectivity index (χ2v) is 12.9. The van der Waals surface area contributed by atoms with Crippen LogP contribution in [0.4, 0.5) is 11.4 Å². The first-order chi connectivity index (χ1) is 18.8. The molecule has 206 valence electrons. The Hall–Kier alpha value is -3.20. The number of hydrogen-bond donors (Lipinski definition) is 3. The van der Waals surface area contributed by atoms with Gasteiger partial charge in [-0.2, -0.15) is 5.10 Å². The molecule has 9 heteroatoms. The molecule has 1 aromatic carbocycles. The highest BCUT2D eigenvalue weighted by Crippen LogP contribution is 2.61. The van der Waals surface area contributed by atoms with Gasteiger partial charge in [0.25, 0.3) is 5.91 Å². The van der Waals surface area contributed by atoms with Gasteiger partial charge in [-0.25, -0.2) is 0 Å². The van der Waals surface area contributed by atoms with Crippen molar-refractivity contribution >= 4 is 29.1 Å². The van der Waals surface area contributed by atoms with Gasteiger partial charge in [-0.3, -0.25) is 19.1 Å². The number of carbonyl (C=O) groups excluding carboxylic acids is 3. The molecule has 2 aromatic rings. The summed E-state index contributed by atoms with van der Waals surface area (Å²) in [6, 6.07) is 6.69. The molecule has 2 aliphatic heterocycles. The third-order valence-electron chi connectivity index (χ3n) is 10.3. The smallest absolute Gasteiger partial charge is 0.270 e. The number of aryl methyl sites for hydroxylation is 1. The zero-order valence-electron chi connectivity index (χ0n) is 22.5. The molecule has 39 heavy (non-hydrogen) atoms. The first kappa shape index (κ1) is 24.8. The van der Waals surface area contributed by atoms with Gasteiger partial charge in [-0.1, -0.05) is 6.07 Å². The first-order valence-corrected chi connectivity index (χ1v) is 14.5. The van der Waals surface area contributed by atoms with E-state index < -0.39 is 11.5 Å². The van der Waals surface area contributed by atoms with Gasteiger partial charge in [-0.15, -0.1) is 0 Å². The summed E-state index contributed by atoms with van der Waals surface area (Å²) >= 11 is 0. The zero-order chi connectivity index (χ0) is 26.8. The quantitative estimate of drug-likeness (QED) is 0.525. The van der Waals surface area contributed by atoms with Crippen molar-refractivity contribution in [3.63, 3.8) is 0 Å². The number of rotatable bonds is 6. The highest BCUT2D eigenvalue weighted by molar-refractivity contribution is 6.07. The first-order valence-electron chi connectivity index (χ1n) is 14.5. The standard InChI is InChI=1S/C30H37N5O4/c1-35-25(4-7-31-35)27(37)33-24(17-29-14-18-10-19(15-29)12-20(11-18)16-29)26(36)32-21-2-3-22-23(13-21)34-28(38)30(22)5-8-39-9-6-30/h2-4,7,13,18-20,24H,5-6,8-12,14-17H2,1H3,(H,32,36)(H,33,37)(H,34,38). The van der Waals surface area contributed by atoms with Crippen LogP contribution in [0.2, 0.25) is 0 Å². The Labute approximate surface area is 228 Å².